The van der Waals surface area contributed by atoms with Crippen molar-refractivity contribution in [3.63, 3.8) is 0 Å². The summed E-state index contributed by atoms with van der Waals surface area (Å²) in [5.41, 5.74) is 0.754. The Hall–Kier alpha value is -2.88. The molecule has 0 unspecified atom stereocenters. The molecule has 0 amide bonds. The van der Waals surface area contributed by atoms with Crippen LogP contribution in [0.3, 0.4) is 0 Å². The van der Waals surface area contributed by atoms with Crippen LogP contribution in [0.1, 0.15) is 63.0 Å². The maximum atomic E-state index is 14.7. The highest BCUT2D eigenvalue weighted by molar-refractivity contribution is 6.74. The molecule has 0 aromatic heterocycles. The zero-order valence-electron chi connectivity index (χ0n) is 26.4. The van der Waals surface area contributed by atoms with Gasteiger partial charge < -0.3 is 24.0 Å². The molecule has 0 heterocycles. The Morgan fingerprint density at radius 2 is 1.71 bits per heavy atom. The molecule has 2 aromatic rings. The minimum absolute atomic E-state index is 0.00729. The predicted molar refractivity (Wildman–Crippen MR) is 168 cm³/mol. The topological polar surface area (TPSA) is 83.1 Å². The quantitative estimate of drug-likeness (QED) is 0.0589. The van der Waals surface area contributed by atoms with Crippen molar-refractivity contribution >= 4 is 31.7 Å². The van der Waals surface area contributed by atoms with Gasteiger partial charge in [-0.2, -0.15) is 0 Å². The second kappa shape index (κ2) is 15.0. The van der Waals surface area contributed by atoms with E-state index in [4.69, 9.17) is 30.2 Å². The molecule has 0 aliphatic rings. The van der Waals surface area contributed by atoms with E-state index in [9.17, 15) is 14.0 Å². The fourth-order valence-corrected chi connectivity index (χ4v) is 5.10. The molecule has 232 valence electrons. The van der Waals surface area contributed by atoms with Crippen LogP contribution in [0.5, 0.6) is 11.5 Å². The number of Topliss-reactive ketones (excluding diaryl/α,β-unsaturated/α-hetero) is 1. The lowest BCUT2D eigenvalue weighted by atomic mass is 9.96. The summed E-state index contributed by atoms with van der Waals surface area (Å²) in [6, 6.07) is 7.65. The van der Waals surface area contributed by atoms with E-state index in [-0.39, 0.29) is 51.9 Å². The first kappa shape index (κ1) is 35.3. The molecule has 0 aliphatic carbocycles. The van der Waals surface area contributed by atoms with Gasteiger partial charge in [0.05, 0.1) is 38.0 Å². The van der Waals surface area contributed by atoms with Crippen LogP contribution in [0.2, 0.25) is 23.2 Å². The number of ether oxygens (including phenoxy) is 3. The van der Waals surface area contributed by atoms with Crippen molar-refractivity contribution in [2.45, 2.75) is 72.1 Å². The summed E-state index contributed by atoms with van der Waals surface area (Å²) in [6.07, 6.45) is 1.50. The number of carbonyl (C=O) groups excluding carboxylic acids is 2. The van der Waals surface area contributed by atoms with Crippen LogP contribution in [0, 0.1) is 11.7 Å². The second-order valence-electron chi connectivity index (χ2n) is 12.0. The van der Waals surface area contributed by atoms with Gasteiger partial charge >= 0.3 is 5.97 Å². The molecule has 1 N–H and O–H groups in total. The van der Waals surface area contributed by atoms with Crippen LogP contribution in [-0.2, 0) is 20.4 Å². The van der Waals surface area contributed by atoms with Crippen molar-refractivity contribution in [1.29, 1.82) is 0 Å². The fourth-order valence-electron chi connectivity index (χ4n) is 3.88. The number of hydrogen-bond donors (Lipinski definition) is 1. The second-order valence-corrected chi connectivity index (χ2v) is 17.2. The summed E-state index contributed by atoms with van der Waals surface area (Å²) in [7, 11) is 0.861. The van der Waals surface area contributed by atoms with Crippen LogP contribution in [0.15, 0.2) is 42.1 Å². The Bertz CT molecular complexity index is 1290. The van der Waals surface area contributed by atoms with E-state index in [0.717, 1.165) is 0 Å². The minimum atomic E-state index is -2.03. The molecule has 0 saturated heterocycles. The van der Waals surface area contributed by atoms with Crippen molar-refractivity contribution in [3.05, 3.63) is 69.6 Å². The molecule has 0 fully saturated rings. The Balaban J connectivity index is 2.53. The Kier molecular flexibility index (Phi) is 12.6. The van der Waals surface area contributed by atoms with Crippen molar-refractivity contribution in [3.8, 4) is 11.5 Å². The standard InChI is InChI=1S/C32H45ClFNO6Si/c1-11-40-31(37)24(18-35-26(20(2)3)19-41-42(9,10)32(4,5)6)30(36)23-16-22(27(38-7)17-28(23)39-8)15-21-13-12-14-25(33)29(21)34/h12-14,16-18,20,26,35H,11,15,19H2,1-10H3/b24-18-/t26-/m1/s1. The van der Waals surface area contributed by atoms with E-state index in [0.29, 0.717) is 23.5 Å². The monoisotopic (exact) mass is 621 g/mol. The summed E-state index contributed by atoms with van der Waals surface area (Å²) >= 11 is 5.99. The molecule has 0 spiro atoms. The molecular formula is C32H45ClFNO6Si. The first-order chi connectivity index (χ1) is 19.6. The smallest absolute Gasteiger partial charge is 0.343 e. The summed E-state index contributed by atoms with van der Waals surface area (Å²) < 4.78 is 37.4. The SMILES string of the molecule is CCOC(=O)/C(=C\N[C@H](CO[Si](C)(C)C(C)(C)C)C(C)C)C(=O)c1cc(Cc2cccc(Cl)c2F)c(OC)cc1OC. The Labute approximate surface area is 255 Å². The molecule has 0 radical (unpaired) electrons. The molecule has 1 atom stereocenters. The number of benzene rings is 2. The van der Waals surface area contributed by atoms with Gasteiger partial charge in [-0.15, -0.1) is 0 Å². The highest BCUT2D eigenvalue weighted by atomic mass is 35.5. The van der Waals surface area contributed by atoms with Crippen LogP contribution < -0.4 is 14.8 Å². The average Bonchev–Trinajstić information content (AvgIpc) is 2.91. The lowest BCUT2D eigenvalue weighted by Gasteiger charge is -2.38. The number of nitrogens with one attached hydrogen (secondary N) is 1. The van der Waals surface area contributed by atoms with E-state index in [1.165, 1.54) is 26.5 Å². The maximum Gasteiger partial charge on any atom is 0.343 e. The van der Waals surface area contributed by atoms with Crippen molar-refractivity contribution in [2.24, 2.45) is 5.92 Å². The lowest BCUT2D eigenvalue weighted by molar-refractivity contribution is -0.138. The van der Waals surface area contributed by atoms with Crippen LogP contribution >= 0.6 is 11.6 Å². The van der Waals surface area contributed by atoms with Gasteiger partial charge in [-0.25, -0.2) is 9.18 Å². The van der Waals surface area contributed by atoms with Crippen LogP contribution in [0.4, 0.5) is 4.39 Å². The first-order valence-corrected chi connectivity index (χ1v) is 17.4. The Morgan fingerprint density at radius 1 is 1.07 bits per heavy atom. The zero-order valence-corrected chi connectivity index (χ0v) is 28.2. The van der Waals surface area contributed by atoms with Gasteiger partial charge in [-0.3, -0.25) is 4.79 Å². The summed E-state index contributed by atoms with van der Waals surface area (Å²) in [5.74, 6) is -1.21. The van der Waals surface area contributed by atoms with Gasteiger partial charge in [0, 0.05) is 24.7 Å². The molecule has 0 bridgehead atoms. The number of halogens is 2. The van der Waals surface area contributed by atoms with E-state index in [1.54, 1.807) is 31.2 Å². The van der Waals surface area contributed by atoms with E-state index in [2.05, 4.69) is 39.2 Å². The number of ketones is 1. The molecule has 10 heteroatoms. The fraction of sp³-hybridized carbons (Fsp3) is 0.500. The number of carbonyl (C=O) groups is 2. The van der Waals surface area contributed by atoms with Gasteiger partial charge in [-0.1, -0.05) is 58.4 Å². The number of methoxy groups -OCH3 is 2. The average molecular weight is 622 g/mol. The van der Waals surface area contributed by atoms with Gasteiger partial charge in [0.2, 0.25) is 5.78 Å². The largest absolute Gasteiger partial charge is 0.496 e. The normalized spacial score (nSPS) is 13.1. The summed E-state index contributed by atoms with van der Waals surface area (Å²) in [4.78, 5) is 27.0. The minimum Gasteiger partial charge on any atom is -0.496 e. The number of esters is 1. The van der Waals surface area contributed by atoms with E-state index >= 15 is 0 Å². The molecule has 0 saturated carbocycles. The van der Waals surface area contributed by atoms with E-state index < -0.39 is 25.9 Å². The molecular weight excluding hydrogens is 577 g/mol. The van der Waals surface area contributed by atoms with Gasteiger partial charge in [0.1, 0.15) is 22.9 Å². The number of hydrogen-bond acceptors (Lipinski definition) is 7. The first-order valence-electron chi connectivity index (χ1n) is 14.1. The highest BCUT2D eigenvalue weighted by Crippen LogP contribution is 2.37. The van der Waals surface area contributed by atoms with Crippen molar-refractivity contribution in [1.82, 2.24) is 5.32 Å². The third-order valence-electron chi connectivity index (χ3n) is 7.68. The summed E-state index contributed by atoms with van der Waals surface area (Å²) in [6.45, 7) is 17.1. The predicted octanol–water partition coefficient (Wildman–Crippen LogP) is 7.35. The van der Waals surface area contributed by atoms with Crippen molar-refractivity contribution < 1.29 is 32.6 Å². The molecule has 2 aromatic carbocycles. The van der Waals surface area contributed by atoms with Gasteiger partial charge in [0.15, 0.2) is 8.32 Å². The lowest BCUT2D eigenvalue weighted by Crippen LogP contribution is -2.46. The van der Waals surface area contributed by atoms with Gasteiger partial charge in [-0.05, 0) is 54.2 Å². The third-order valence-corrected chi connectivity index (χ3v) is 12.5. The molecule has 7 nitrogen and oxygen atoms in total. The van der Waals surface area contributed by atoms with Crippen molar-refractivity contribution in [2.75, 3.05) is 27.4 Å². The van der Waals surface area contributed by atoms with Crippen LogP contribution in [-0.4, -0.2) is 53.5 Å². The molecule has 42 heavy (non-hydrogen) atoms. The highest BCUT2D eigenvalue weighted by Gasteiger charge is 2.38. The molecule has 0 aliphatic heterocycles. The maximum absolute atomic E-state index is 14.7. The summed E-state index contributed by atoms with van der Waals surface area (Å²) in [5, 5.41) is 3.27. The third kappa shape index (κ3) is 8.81. The Morgan fingerprint density at radius 3 is 2.26 bits per heavy atom. The molecule has 2 rings (SSSR count). The number of rotatable bonds is 14. The zero-order chi connectivity index (χ0) is 31.8. The van der Waals surface area contributed by atoms with Crippen LogP contribution in [0.25, 0.3) is 0 Å². The van der Waals surface area contributed by atoms with Gasteiger partial charge in [0.25, 0.3) is 0 Å². The van der Waals surface area contributed by atoms with E-state index in [1.807, 2.05) is 13.8 Å².